The Kier molecular flexibility index (Phi) is 6.73. The monoisotopic (exact) mass is 282 g/mol. The SMILES string of the molecule is CSC(C)CCNC(=O)[C@H](N)Cc1ccc(O)cc1. The van der Waals surface area contributed by atoms with Gasteiger partial charge in [-0.3, -0.25) is 4.79 Å². The molecule has 1 unspecified atom stereocenters. The first kappa shape index (κ1) is 15.9. The molecule has 1 aromatic rings. The Morgan fingerprint density at radius 3 is 2.63 bits per heavy atom. The van der Waals surface area contributed by atoms with Gasteiger partial charge in [0.2, 0.25) is 5.91 Å². The third kappa shape index (κ3) is 5.98. The molecule has 0 aliphatic rings. The fourth-order valence-electron chi connectivity index (χ4n) is 1.63. The summed E-state index contributed by atoms with van der Waals surface area (Å²) in [4.78, 5) is 11.8. The second kappa shape index (κ2) is 8.07. The smallest absolute Gasteiger partial charge is 0.237 e. The lowest BCUT2D eigenvalue weighted by molar-refractivity contribution is -0.122. The number of carbonyl (C=O) groups is 1. The molecule has 0 radical (unpaired) electrons. The number of benzene rings is 1. The number of phenolic OH excluding ortho intramolecular Hbond substituents is 1. The fourth-order valence-corrected chi connectivity index (χ4v) is 1.98. The number of nitrogens with two attached hydrogens (primary N) is 1. The second-order valence-corrected chi connectivity index (χ2v) is 5.88. The van der Waals surface area contributed by atoms with Crippen LogP contribution in [0.4, 0.5) is 0 Å². The van der Waals surface area contributed by atoms with Gasteiger partial charge in [0.25, 0.3) is 0 Å². The van der Waals surface area contributed by atoms with Crippen LogP contribution < -0.4 is 11.1 Å². The van der Waals surface area contributed by atoms with Crippen molar-refractivity contribution in [2.75, 3.05) is 12.8 Å². The predicted molar refractivity (Wildman–Crippen MR) is 80.4 cm³/mol. The Morgan fingerprint density at radius 1 is 1.42 bits per heavy atom. The lowest BCUT2D eigenvalue weighted by atomic mass is 10.1. The van der Waals surface area contributed by atoms with Crippen molar-refractivity contribution in [1.29, 1.82) is 0 Å². The van der Waals surface area contributed by atoms with Crippen molar-refractivity contribution in [3.05, 3.63) is 29.8 Å². The highest BCUT2D eigenvalue weighted by Crippen LogP contribution is 2.11. The summed E-state index contributed by atoms with van der Waals surface area (Å²) in [5, 5.41) is 12.6. The van der Waals surface area contributed by atoms with Crippen LogP contribution in [0.3, 0.4) is 0 Å². The Morgan fingerprint density at radius 2 is 2.05 bits per heavy atom. The maximum atomic E-state index is 11.8. The van der Waals surface area contributed by atoms with Gasteiger partial charge >= 0.3 is 0 Å². The summed E-state index contributed by atoms with van der Waals surface area (Å²) in [6.07, 6.45) is 3.48. The van der Waals surface area contributed by atoms with Crippen LogP contribution in [-0.4, -0.2) is 35.1 Å². The van der Waals surface area contributed by atoms with Gasteiger partial charge < -0.3 is 16.2 Å². The van der Waals surface area contributed by atoms with Crippen LogP contribution in [0.1, 0.15) is 18.9 Å². The van der Waals surface area contributed by atoms with Gasteiger partial charge in [-0.15, -0.1) is 0 Å². The molecule has 106 valence electrons. The van der Waals surface area contributed by atoms with E-state index in [0.29, 0.717) is 18.2 Å². The molecule has 4 N–H and O–H groups in total. The number of carbonyl (C=O) groups excluding carboxylic acids is 1. The average molecular weight is 282 g/mol. The number of phenols is 1. The van der Waals surface area contributed by atoms with Gasteiger partial charge in [0.1, 0.15) is 5.75 Å². The number of thioether (sulfide) groups is 1. The van der Waals surface area contributed by atoms with Gasteiger partial charge in [0, 0.05) is 11.8 Å². The molecule has 1 amide bonds. The maximum Gasteiger partial charge on any atom is 0.237 e. The molecule has 4 nitrogen and oxygen atoms in total. The van der Waals surface area contributed by atoms with E-state index in [9.17, 15) is 9.90 Å². The first-order valence-corrected chi connectivity index (χ1v) is 7.65. The van der Waals surface area contributed by atoms with Crippen molar-refractivity contribution < 1.29 is 9.90 Å². The maximum absolute atomic E-state index is 11.8. The van der Waals surface area contributed by atoms with Crippen LogP contribution in [0.25, 0.3) is 0 Å². The molecule has 0 aliphatic carbocycles. The minimum atomic E-state index is -0.547. The van der Waals surface area contributed by atoms with E-state index in [-0.39, 0.29) is 11.7 Å². The van der Waals surface area contributed by atoms with Crippen molar-refractivity contribution in [2.24, 2.45) is 5.73 Å². The molecule has 19 heavy (non-hydrogen) atoms. The lowest BCUT2D eigenvalue weighted by Gasteiger charge is -2.14. The summed E-state index contributed by atoms with van der Waals surface area (Å²) in [6, 6.07) is 6.20. The third-order valence-electron chi connectivity index (χ3n) is 2.98. The molecule has 0 bridgehead atoms. The van der Waals surface area contributed by atoms with Crippen LogP contribution >= 0.6 is 11.8 Å². The quantitative estimate of drug-likeness (QED) is 0.709. The Hall–Kier alpha value is -1.20. The van der Waals surface area contributed by atoms with Gasteiger partial charge in [0.05, 0.1) is 6.04 Å². The molecule has 0 fully saturated rings. The second-order valence-electron chi connectivity index (χ2n) is 4.60. The molecule has 1 rings (SSSR count). The summed E-state index contributed by atoms with van der Waals surface area (Å²) in [6.45, 7) is 2.79. The number of hydrogen-bond donors (Lipinski definition) is 3. The van der Waals surface area contributed by atoms with Crippen molar-refractivity contribution in [2.45, 2.75) is 31.1 Å². The summed E-state index contributed by atoms with van der Waals surface area (Å²) in [5.41, 5.74) is 6.80. The number of amides is 1. The highest BCUT2D eigenvalue weighted by Gasteiger charge is 2.13. The van der Waals surface area contributed by atoms with E-state index in [1.54, 1.807) is 36.0 Å². The van der Waals surface area contributed by atoms with E-state index in [4.69, 9.17) is 5.73 Å². The Labute approximate surface area is 118 Å². The average Bonchev–Trinajstić information content (AvgIpc) is 2.40. The Balaban J connectivity index is 2.34. The lowest BCUT2D eigenvalue weighted by Crippen LogP contribution is -2.42. The van der Waals surface area contributed by atoms with Gasteiger partial charge in [-0.2, -0.15) is 11.8 Å². The minimum absolute atomic E-state index is 0.124. The zero-order chi connectivity index (χ0) is 14.3. The fraction of sp³-hybridized carbons (Fsp3) is 0.500. The molecule has 5 heteroatoms. The van der Waals surface area contributed by atoms with Crippen LogP contribution in [0.2, 0.25) is 0 Å². The van der Waals surface area contributed by atoms with Gasteiger partial charge in [-0.1, -0.05) is 19.1 Å². The zero-order valence-corrected chi connectivity index (χ0v) is 12.2. The van der Waals surface area contributed by atoms with E-state index in [1.165, 1.54) is 0 Å². The van der Waals surface area contributed by atoms with E-state index in [2.05, 4.69) is 18.5 Å². The molecule has 0 aromatic heterocycles. The topological polar surface area (TPSA) is 75.4 Å². The molecule has 0 saturated carbocycles. The molecular formula is C14H22N2O2S. The largest absolute Gasteiger partial charge is 0.508 e. The van der Waals surface area contributed by atoms with Gasteiger partial charge in [0.15, 0.2) is 0 Å². The van der Waals surface area contributed by atoms with Crippen molar-refractivity contribution in [1.82, 2.24) is 5.32 Å². The Bertz CT molecular complexity index is 395. The molecule has 0 aliphatic heterocycles. The standard InChI is InChI=1S/C14H22N2O2S/c1-10(19-2)7-8-16-14(18)13(15)9-11-3-5-12(17)6-4-11/h3-6,10,13,17H,7-9,15H2,1-2H3,(H,16,18)/t10?,13-/m1/s1. The van der Waals surface area contributed by atoms with E-state index >= 15 is 0 Å². The first-order chi connectivity index (χ1) is 9.02. The highest BCUT2D eigenvalue weighted by atomic mass is 32.2. The van der Waals surface area contributed by atoms with Crippen molar-refractivity contribution in [3.8, 4) is 5.75 Å². The van der Waals surface area contributed by atoms with Crippen molar-refractivity contribution >= 4 is 17.7 Å². The summed E-state index contributed by atoms with van der Waals surface area (Å²) in [7, 11) is 0. The number of hydrogen-bond acceptors (Lipinski definition) is 4. The molecule has 1 aromatic carbocycles. The normalized spacial score (nSPS) is 13.8. The zero-order valence-electron chi connectivity index (χ0n) is 11.4. The third-order valence-corrected chi connectivity index (χ3v) is 4.02. The molecule has 0 heterocycles. The number of nitrogens with one attached hydrogen (secondary N) is 1. The molecule has 0 saturated heterocycles. The highest BCUT2D eigenvalue weighted by molar-refractivity contribution is 7.99. The van der Waals surface area contributed by atoms with Crippen LogP contribution in [-0.2, 0) is 11.2 Å². The number of rotatable bonds is 7. The predicted octanol–water partition coefficient (Wildman–Crippen LogP) is 1.52. The van der Waals surface area contributed by atoms with Crippen LogP contribution in [0, 0.1) is 0 Å². The van der Waals surface area contributed by atoms with E-state index in [1.807, 2.05) is 0 Å². The first-order valence-electron chi connectivity index (χ1n) is 6.37. The molecule has 2 atom stereocenters. The van der Waals surface area contributed by atoms with Crippen molar-refractivity contribution in [3.63, 3.8) is 0 Å². The summed E-state index contributed by atoms with van der Waals surface area (Å²) in [5.74, 6) is 0.0919. The summed E-state index contributed by atoms with van der Waals surface area (Å²) < 4.78 is 0. The van der Waals surface area contributed by atoms with E-state index in [0.717, 1.165) is 12.0 Å². The summed E-state index contributed by atoms with van der Waals surface area (Å²) >= 11 is 1.78. The van der Waals surface area contributed by atoms with Gasteiger partial charge in [-0.25, -0.2) is 0 Å². The van der Waals surface area contributed by atoms with Crippen LogP contribution in [0.15, 0.2) is 24.3 Å². The molecule has 0 spiro atoms. The van der Waals surface area contributed by atoms with Gasteiger partial charge in [-0.05, 0) is 36.8 Å². The van der Waals surface area contributed by atoms with Crippen LogP contribution in [0.5, 0.6) is 5.75 Å². The molecular weight excluding hydrogens is 260 g/mol. The number of aromatic hydroxyl groups is 1. The van der Waals surface area contributed by atoms with E-state index < -0.39 is 6.04 Å². The minimum Gasteiger partial charge on any atom is -0.508 e.